The zero-order valence-corrected chi connectivity index (χ0v) is 18.0. The molecule has 0 aliphatic carbocycles. The zero-order chi connectivity index (χ0) is 21.6. The number of aliphatic hydroxyl groups is 1. The Balaban J connectivity index is 3.96. The summed E-state index contributed by atoms with van der Waals surface area (Å²) in [6.07, 6.45) is 9.63. The summed E-state index contributed by atoms with van der Waals surface area (Å²) >= 11 is 0. The SMILES string of the molecule is CCC(C)CC(C)CCCCCCCCC(=O)N(O)[C@@](O)(CCCN)C(=O)O. The highest BCUT2D eigenvalue weighted by atomic mass is 16.6. The summed E-state index contributed by atoms with van der Waals surface area (Å²) in [6.45, 7) is 7.03. The summed E-state index contributed by atoms with van der Waals surface area (Å²) in [5, 5.41) is 29.0. The van der Waals surface area contributed by atoms with E-state index in [4.69, 9.17) is 10.8 Å². The molecule has 0 aromatic heterocycles. The van der Waals surface area contributed by atoms with E-state index in [2.05, 4.69) is 20.8 Å². The first kappa shape index (κ1) is 26.8. The van der Waals surface area contributed by atoms with Crippen molar-refractivity contribution in [3.05, 3.63) is 0 Å². The first-order chi connectivity index (χ1) is 13.2. The molecule has 0 spiro atoms. The second kappa shape index (κ2) is 14.8. The van der Waals surface area contributed by atoms with Crippen LogP contribution in [0.25, 0.3) is 0 Å². The van der Waals surface area contributed by atoms with E-state index in [1.807, 2.05) is 0 Å². The first-order valence-electron chi connectivity index (χ1n) is 10.9. The molecule has 0 rings (SSSR count). The minimum Gasteiger partial charge on any atom is -0.478 e. The molecule has 166 valence electrons. The Bertz CT molecular complexity index is 447. The predicted octanol–water partition coefficient (Wildman–Crippen LogP) is 3.91. The molecule has 0 saturated carbocycles. The Kier molecular flexibility index (Phi) is 14.1. The molecule has 0 aromatic rings. The summed E-state index contributed by atoms with van der Waals surface area (Å²) in [4.78, 5) is 23.2. The van der Waals surface area contributed by atoms with Crippen LogP contribution in [0.2, 0.25) is 0 Å². The maximum atomic E-state index is 12.0. The van der Waals surface area contributed by atoms with Crippen LogP contribution in [0.5, 0.6) is 0 Å². The Morgan fingerprint density at radius 2 is 1.57 bits per heavy atom. The third-order valence-corrected chi connectivity index (χ3v) is 5.50. The van der Waals surface area contributed by atoms with Gasteiger partial charge in [-0.05, 0) is 37.6 Å². The van der Waals surface area contributed by atoms with Crippen molar-refractivity contribution in [1.82, 2.24) is 5.06 Å². The number of hydroxylamine groups is 2. The van der Waals surface area contributed by atoms with E-state index in [1.165, 1.54) is 32.1 Å². The number of carbonyl (C=O) groups is 2. The Labute approximate surface area is 170 Å². The average Bonchev–Trinajstić information content (AvgIpc) is 2.66. The van der Waals surface area contributed by atoms with Gasteiger partial charge >= 0.3 is 5.97 Å². The zero-order valence-electron chi connectivity index (χ0n) is 18.0. The molecule has 0 aromatic carbocycles. The van der Waals surface area contributed by atoms with E-state index in [9.17, 15) is 19.9 Å². The van der Waals surface area contributed by atoms with Gasteiger partial charge in [0.2, 0.25) is 5.91 Å². The van der Waals surface area contributed by atoms with Crippen LogP contribution in [-0.2, 0) is 9.59 Å². The molecule has 0 saturated heterocycles. The lowest BCUT2D eigenvalue weighted by molar-refractivity contribution is -0.256. The Morgan fingerprint density at radius 1 is 1.00 bits per heavy atom. The monoisotopic (exact) mass is 402 g/mol. The summed E-state index contributed by atoms with van der Waals surface area (Å²) in [7, 11) is 0. The molecule has 7 heteroatoms. The van der Waals surface area contributed by atoms with Crippen molar-refractivity contribution in [3.8, 4) is 0 Å². The van der Waals surface area contributed by atoms with Crippen LogP contribution in [0.3, 0.4) is 0 Å². The van der Waals surface area contributed by atoms with Gasteiger partial charge < -0.3 is 15.9 Å². The minimum atomic E-state index is -2.61. The quantitative estimate of drug-likeness (QED) is 0.127. The van der Waals surface area contributed by atoms with Gasteiger partial charge in [0.05, 0.1) is 0 Å². The van der Waals surface area contributed by atoms with Gasteiger partial charge in [0.15, 0.2) is 0 Å². The molecule has 0 bridgehead atoms. The van der Waals surface area contributed by atoms with Gasteiger partial charge in [-0.15, -0.1) is 0 Å². The van der Waals surface area contributed by atoms with Crippen molar-refractivity contribution in [2.24, 2.45) is 17.6 Å². The summed E-state index contributed by atoms with van der Waals surface area (Å²) in [5.74, 6) is -0.858. The Hall–Kier alpha value is -1.18. The van der Waals surface area contributed by atoms with Gasteiger partial charge in [-0.2, -0.15) is 5.06 Å². The lowest BCUT2D eigenvalue weighted by atomic mass is 9.91. The van der Waals surface area contributed by atoms with Crippen LogP contribution in [0.4, 0.5) is 0 Å². The van der Waals surface area contributed by atoms with Crippen molar-refractivity contribution in [2.45, 2.75) is 104 Å². The number of aliphatic carboxylic acids is 1. The van der Waals surface area contributed by atoms with Crippen LogP contribution in [0, 0.1) is 11.8 Å². The number of unbranched alkanes of at least 4 members (excludes halogenated alkanes) is 5. The van der Waals surface area contributed by atoms with Gasteiger partial charge in [0.25, 0.3) is 5.72 Å². The number of amides is 1. The number of nitrogens with zero attached hydrogens (tertiary/aromatic N) is 1. The lowest BCUT2D eigenvalue weighted by Gasteiger charge is -2.31. The molecule has 3 atom stereocenters. The number of rotatable bonds is 17. The number of carboxylic acids is 1. The van der Waals surface area contributed by atoms with Gasteiger partial charge in [-0.3, -0.25) is 10.0 Å². The highest BCUT2D eigenvalue weighted by molar-refractivity contribution is 5.84. The maximum Gasteiger partial charge on any atom is 0.359 e. The van der Waals surface area contributed by atoms with E-state index in [0.29, 0.717) is 6.42 Å². The molecule has 0 aliphatic rings. The van der Waals surface area contributed by atoms with Crippen molar-refractivity contribution >= 4 is 11.9 Å². The lowest BCUT2D eigenvalue weighted by Crippen LogP contribution is -2.55. The molecule has 2 unspecified atom stereocenters. The molecular weight excluding hydrogens is 360 g/mol. The fourth-order valence-electron chi connectivity index (χ4n) is 3.41. The fourth-order valence-corrected chi connectivity index (χ4v) is 3.41. The number of hydrogen-bond donors (Lipinski definition) is 4. The van der Waals surface area contributed by atoms with E-state index >= 15 is 0 Å². The molecule has 0 radical (unpaired) electrons. The van der Waals surface area contributed by atoms with Crippen LogP contribution < -0.4 is 5.73 Å². The van der Waals surface area contributed by atoms with Crippen molar-refractivity contribution in [3.63, 3.8) is 0 Å². The largest absolute Gasteiger partial charge is 0.478 e. The summed E-state index contributed by atoms with van der Waals surface area (Å²) in [5.41, 5.74) is 2.71. The summed E-state index contributed by atoms with van der Waals surface area (Å²) in [6, 6.07) is 0. The Morgan fingerprint density at radius 3 is 2.11 bits per heavy atom. The number of carbonyl (C=O) groups excluding carboxylic acids is 1. The van der Waals surface area contributed by atoms with Crippen LogP contribution >= 0.6 is 0 Å². The number of carboxylic acid groups (broad SMARTS) is 1. The van der Waals surface area contributed by atoms with Crippen molar-refractivity contribution in [1.29, 1.82) is 0 Å². The molecule has 1 amide bonds. The van der Waals surface area contributed by atoms with Crippen LogP contribution in [0.15, 0.2) is 0 Å². The van der Waals surface area contributed by atoms with E-state index in [1.54, 1.807) is 0 Å². The average molecular weight is 403 g/mol. The second-order valence-corrected chi connectivity index (χ2v) is 8.23. The molecule has 28 heavy (non-hydrogen) atoms. The number of hydrogen-bond acceptors (Lipinski definition) is 5. The smallest absolute Gasteiger partial charge is 0.359 e. The highest BCUT2D eigenvalue weighted by Gasteiger charge is 2.44. The van der Waals surface area contributed by atoms with E-state index in [0.717, 1.165) is 31.1 Å². The first-order valence-corrected chi connectivity index (χ1v) is 10.9. The number of nitrogens with two attached hydrogens (primary N) is 1. The van der Waals surface area contributed by atoms with Crippen molar-refractivity contribution < 1.29 is 25.0 Å². The molecule has 5 N–H and O–H groups in total. The molecule has 0 fully saturated rings. The normalized spacial score (nSPS) is 15.6. The van der Waals surface area contributed by atoms with Gasteiger partial charge in [0, 0.05) is 12.8 Å². The second-order valence-electron chi connectivity index (χ2n) is 8.23. The standard InChI is InChI=1S/C21H42N2O5/c1-4-17(2)16-18(3)12-9-7-5-6-8-10-13-19(24)23(28)21(27,20(25)26)14-11-15-22/h17-18,27-28H,4-16,22H2,1-3H3,(H,25,26)/t17?,18?,21-/m1/s1. The summed E-state index contributed by atoms with van der Waals surface area (Å²) < 4.78 is 0. The minimum absolute atomic E-state index is 0.0145. The van der Waals surface area contributed by atoms with Gasteiger partial charge in [-0.1, -0.05) is 65.7 Å². The molecular formula is C21H42N2O5. The van der Waals surface area contributed by atoms with E-state index in [-0.39, 0.29) is 30.9 Å². The van der Waals surface area contributed by atoms with Crippen LogP contribution in [0.1, 0.15) is 97.8 Å². The molecule has 7 nitrogen and oxygen atoms in total. The molecule has 0 aliphatic heterocycles. The third-order valence-electron chi connectivity index (χ3n) is 5.50. The van der Waals surface area contributed by atoms with Crippen molar-refractivity contribution in [2.75, 3.05) is 6.54 Å². The molecule has 0 heterocycles. The fraction of sp³-hybridized carbons (Fsp3) is 0.905. The van der Waals surface area contributed by atoms with E-state index < -0.39 is 17.6 Å². The van der Waals surface area contributed by atoms with Gasteiger partial charge in [-0.25, -0.2) is 4.79 Å². The maximum absolute atomic E-state index is 12.0. The highest BCUT2D eigenvalue weighted by Crippen LogP contribution is 2.21. The third kappa shape index (κ3) is 10.4. The van der Waals surface area contributed by atoms with Crippen LogP contribution in [-0.4, -0.2) is 44.6 Å². The van der Waals surface area contributed by atoms with Gasteiger partial charge in [0.1, 0.15) is 0 Å². The topological polar surface area (TPSA) is 124 Å². The predicted molar refractivity (Wildman–Crippen MR) is 110 cm³/mol.